The summed E-state index contributed by atoms with van der Waals surface area (Å²) < 4.78 is 0. The van der Waals surface area contributed by atoms with Gasteiger partial charge in [-0.3, -0.25) is 0 Å². The summed E-state index contributed by atoms with van der Waals surface area (Å²) in [7, 11) is 0. The number of rotatable bonds is 1. The van der Waals surface area contributed by atoms with Gasteiger partial charge in [-0.2, -0.15) is 0 Å². The highest BCUT2D eigenvalue weighted by Gasteiger charge is 2.37. The Morgan fingerprint density at radius 3 is 3.00 bits per heavy atom. The zero-order valence-electron chi connectivity index (χ0n) is 9.11. The number of aromatic nitrogens is 1. The van der Waals surface area contributed by atoms with Gasteiger partial charge < -0.3 is 15.8 Å². The topological polar surface area (TPSA) is 62.0 Å². The van der Waals surface area contributed by atoms with Crippen molar-refractivity contribution < 1.29 is 5.11 Å². The van der Waals surface area contributed by atoms with Crippen molar-refractivity contribution in [3.8, 4) is 0 Å². The van der Waals surface area contributed by atoms with Crippen molar-refractivity contribution in [2.45, 2.75) is 30.9 Å². The van der Waals surface area contributed by atoms with E-state index in [-0.39, 0.29) is 6.04 Å². The molecule has 2 atom stereocenters. The van der Waals surface area contributed by atoms with Gasteiger partial charge in [0.2, 0.25) is 0 Å². The van der Waals surface area contributed by atoms with Gasteiger partial charge in [0.25, 0.3) is 0 Å². The molecule has 1 aliphatic rings. The minimum absolute atomic E-state index is 0.131. The molecule has 2 unspecified atom stereocenters. The van der Waals surface area contributed by atoms with Gasteiger partial charge in [0.15, 0.2) is 0 Å². The zero-order chi connectivity index (χ0) is 11.2. The van der Waals surface area contributed by atoms with Gasteiger partial charge >= 0.3 is 0 Å². The molecular formula is C13H16N2O. The van der Waals surface area contributed by atoms with E-state index in [9.17, 15) is 5.11 Å². The van der Waals surface area contributed by atoms with Crippen LogP contribution < -0.4 is 5.73 Å². The van der Waals surface area contributed by atoms with Crippen LogP contribution in [-0.2, 0) is 5.60 Å². The Hall–Kier alpha value is -1.32. The molecule has 1 heterocycles. The quantitative estimate of drug-likeness (QED) is 0.681. The number of nitrogens with two attached hydrogens (primary N) is 1. The third-order valence-corrected chi connectivity index (χ3v) is 3.62. The summed E-state index contributed by atoms with van der Waals surface area (Å²) in [4.78, 5) is 3.15. The standard InChI is InChI=1S/C13H16N2O/c14-11-3-5-13(16,8-11)10-1-2-12-9(7-10)4-6-15-12/h1-2,4,6-7,11,15-16H,3,5,8,14H2. The first-order valence-corrected chi connectivity index (χ1v) is 5.73. The first-order chi connectivity index (χ1) is 7.67. The zero-order valence-corrected chi connectivity index (χ0v) is 9.11. The van der Waals surface area contributed by atoms with E-state index in [1.807, 2.05) is 24.4 Å². The third kappa shape index (κ3) is 1.44. The summed E-state index contributed by atoms with van der Waals surface area (Å²) in [5.74, 6) is 0. The molecular weight excluding hydrogens is 200 g/mol. The van der Waals surface area contributed by atoms with Crippen molar-refractivity contribution in [2.24, 2.45) is 5.73 Å². The average molecular weight is 216 g/mol. The summed E-state index contributed by atoms with van der Waals surface area (Å²) in [6.45, 7) is 0. The normalized spacial score (nSPS) is 30.0. The molecule has 16 heavy (non-hydrogen) atoms. The highest BCUT2D eigenvalue weighted by atomic mass is 16.3. The molecule has 3 heteroatoms. The van der Waals surface area contributed by atoms with Gasteiger partial charge in [-0.1, -0.05) is 6.07 Å². The van der Waals surface area contributed by atoms with E-state index in [4.69, 9.17) is 5.73 Å². The lowest BCUT2D eigenvalue weighted by Crippen LogP contribution is -2.25. The third-order valence-electron chi connectivity index (χ3n) is 3.62. The van der Waals surface area contributed by atoms with E-state index in [0.29, 0.717) is 6.42 Å². The molecule has 0 saturated heterocycles. The molecule has 0 spiro atoms. The summed E-state index contributed by atoms with van der Waals surface area (Å²) in [6.07, 6.45) is 4.26. The molecule has 84 valence electrons. The Balaban J connectivity index is 2.05. The summed E-state index contributed by atoms with van der Waals surface area (Å²) in [5.41, 5.74) is 7.26. The lowest BCUT2D eigenvalue weighted by Gasteiger charge is -2.23. The molecule has 0 aliphatic heterocycles. The minimum atomic E-state index is -0.717. The molecule has 1 fully saturated rings. The van der Waals surface area contributed by atoms with Crippen LogP contribution in [-0.4, -0.2) is 16.1 Å². The van der Waals surface area contributed by atoms with E-state index >= 15 is 0 Å². The van der Waals surface area contributed by atoms with Gasteiger partial charge in [-0.05, 0) is 48.4 Å². The predicted molar refractivity (Wildman–Crippen MR) is 64.0 cm³/mol. The Bertz CT molecular complexity index is 519. The number of hydrogen-bond donors (Lipinski definition) is 3. The molecule has 0 bridgehead atoms. The van der Waals surface area contributed by atoms with Crippen molar-refractivity contribution in [3.05, 3.63) is 36.0 Å². The number of H-pyrrole nitrogens is 1. The second kappa shape index (κ2) is 3.34. The first kappa shape index (κ1) is 9.87. The number of benzene rings is 1. The van der Waals surface area contributed by atoms with E-state index in [1.54, 1.807) is 0 Å². The van der Waals surface area contributed by atoms with Crippen molar-refractivity contribution >= 4 is 10.9 Å². The fraction of sp³-hybridized carbons (Fsp3) is 0.385. The molecule has 0 amide bonds. The summed E-state index contributed by atoms with van der Waals surface area (Å²) in [6, 6.07) is 8.23. The van der Waals surface area contributed by atoms with Gasteiger partial charge in [0, 0.05) is 17.8 Å². The number of fused-ring (bicyclic) bond motifs is 1. The van der Waals surface area contributed by atoms with Crippen LogP contribution in [0.1, 0.15) is 24.8 Å². The van der Waals surface area contributed by atoms with Gasteiger partial charge in [-0.15, -0.1) is 0 Å². The fourth-order valence-corrected chi connectivity index (χ4v) is 2.67. The molecule has 1 aromatic carbocycles. The highest BCUT2D eigenvalue weighted by Crippen LogP contribution is 2.38. The second-order valence-corrected chi connectivity index (χ2v) is 4.81. The van der Waals surface area contributed by atoms with Crippen LogP contribution in [0.2, 0.25) is 0 Å². The monoisotopic (exact) mass is 216 g/mol. The number of aromatic amines is 1. The first-order valence-electron chi connectivity index (χ1n) is 5.73. The number of nitrogens with one attached hydrogen (secondary N) is 1. The number of aliphatic hydroxyl groups is 1. The minimum Gasteiger partial charge on any atom is -0.385 e. The highest BCUT2D eigenvalue weighted by molar-refractivity contribution is 5.80. The Morgan fingerprint density at radius 1 is 1.38 bits per heavy atom. The van der Waals surface area contributed by atoms with Crippen LogP contribution in [0.5, 0.6) is 0 Å². The van der Waals surface area contributed by atoms with Gasteiger partial charge in [0.05, 0.1) is 5.60 Å². The maximum Gasteiger partial charge on any atom is 0.0912 e. The van der Waals surface area contributed by atoms with Gasteiger partial charge in [0.1, 0.15) is 0 Å². The molecule has 3 rings (SSSR count). The Kier molecular flexibility index (Phi) is 2.06. The van der Waals surface area contributed by atoms with Crippen LogP contribution in [0, 0.1) is 0 Å². The van der Waals surface area contributed by atoms with Crippen LogP contribution in [0.4, 0.5) is 0 Å². The van der Waals surface area contributed by atoms with Crippen molar-refractivity contribution in [2.75, 3.05) is 0 Å². The summed E-state index contributed by atoms with van der Waals surface area (Å²) >= 11 is 0. The van der Waals surface area contributed by atoms with E-state index in [2.05, 4.69) is 11.1 Å². The molecule has 4 N–H and O–H groups in total. The lowest BCUT2D eigenvalue weighted by atomic mass is 9.91. The molecule has 1 aromatic heterocycles. The van der Waals surface area contributed by atoms with Crippen LogP contribution in [0.15, 0.2) is 30.5 Å². The smallest absolute Gasteiger partial charge is 0.0912 e. The second-order valence-electron chi connectivity index (χ2n) is 4.81. The van der Waals surface area contributed by atoms with Gasteiger partial charge in [-0.25, -0.2) is 0 Å². The largest absolute Gasteiger partial charge is 0.385 e. The molecule has 2 aromatic rings. The predicted octanol–water partition coefficient (Wildman–Crippen LogP) is 1.87. The Labute approximate surface area is 94.3 Å². The van der Waals surface area contributed by atoms with E-state index in [1.165, 1.54) is 0 Å². The molecule has 0 radical (unpaired) electrons. The van der Waals surface area contributed by atoms with Crippen molar-refractivity contribution in [1.29, 1.82) is 0 Å². The van der Waals surface area contributed by atoms with Crippen LogP contribution in [0.3, 0.4) is 0 Å². The lowest BCUT2D eigenvalue weighted by molar-refractivity contribution is 0.0432. The average Bonchev–Trinajstić information content (AvgIpc) is 2.84. The molecule has 1 saturated carbocycles. The summed E-state index contributed by atoms with van der Waals surface area (Å²) in [5, 5.41) is 11.7. The van der Waals surface area contributed by atoms with Crippen molar-refractivity contribution in [1.82, 2.24) is 4.98 Å². The van der Waals surface area contributed by atoms with Crippen LogP contribution >= 0.6 is 0 Å². The molecule has 3 nitrogen and oxygen atoms in total. The van der Waals surface area contributed by atoms with E-state index < -0.39 is 5.60 Å². The van der Waals surface area contributed by atoms with Crippen LogP contribution in [0.25, 0.3) is 10.9 Å². The SMILES string of the molecule is NC1CCC(O)(c2ccc3[nH]ccc3c2)C1. The number of hydrogen-bond acceptors (Lipinski definition) is 2. The fourth-order valence-electron chi connectivity index (χ4n) is 2.67. The maximum atomic E-state index is 10.5. The maximum absolute atomic E-state index is 10.5. The van der Waals surface area contributed by atoms with E-state index in [0.717, 1.165) is 29.3 Å². The molecule has 1 aliphatic carbocycles. The van der Waals surface area contributed by atoms with Crippen molar-refractivity contribution in [3.63, 3.8) is 0 Å². The Morgan fingerprint density at radius 2 is 2.25 bits per heavy atom.